The maximum atomic E-state index is 11.9. The summed E-state index contributed by atoms with van der Waals surface area (Å²) in [5.41, 5.74) is 2.34. The van der Waals surface area contributed by atoms with E-state index in [1.54, 1.807) is 0 Å². The molecule has 0 saturated carbocycles. The van der Waals surface area contributed by atoms with Crippen LogP contribution < -0.4 is 0 Å². The minimum absolute atomic E-state index is 0.0508. The second-order valence-electron chi connectivity index (χ2n) is 5.06. The van der Waals surface area contributed by atoms with Gasteiger partial charge >= 0.3 is 5.97 Å². The summed E-state index contributed by atoms with van der Waals surface area (Å²) in [6.07, 6.45) is 0.918. The molecule has 0 heterocycles. The van der Waals surface area contributed by atoms with Crippen LogP contribution in [0.2, 0.25) is 0 Å². The Morgan fingerprint density at radius 1 is 1.20 bits per heavy atom. The molecule has 1 rings (SSSR count). The van der Waals surface area contributed by atoms with Crippen molar-refractivity contribution in [1.29, 1.82) is 0 Å². The molecule has 1 aromatic rings. The highest BCUT2D eigenvalue weighted by molar-refractivity contribution is 7.39. The van der Waals surface area contributed by atoms with Crippen LogP contribution in [-0.4, -0.2) is 18.3 Å². The molecule has 0 saturated heterocycles. The maximum absolute atomic E-state index is 11.9. The third kappa shape index (κ3) is 7.65. The molecule has 0 aliphatic rings. The van der Waals surface area contributed by atoms with Crippen molar-refractivity contribution in [2.45, 2.75) is 53.3 Å². The van der Waals surface area contributed by atoms with Crippen molar-refractivity contribution in [3.63, 3.8) is 0 Å². The highest BCUT2D eigenvalue weighted by atomic mass is 31.1. The topological polar surface area (TPSA) is 26.3 Å². The zero-order chi connectivity index (χ0) is 15.5. The zero-order valence-electron chi connectivity index (χ0n) is 13.7. The maximum Gasteiger partial charge on any atom is 0.313 e. The standard InChI is InChI=1S/C15H23O2P.C2H6/c1-11(2)9-14(18-4)15(16)17-10-13-7-5-12(3)6-8-13;1-2/h5-8,11,14,18H,9-10H2,1-4H3;1-2H3. The first-order chi connectivity index (χ1) is 9.52. The molecule has 2 nitrogen and oxygen atoms in total. The number of esters is 1. The molecule has 3 heteroatoms. The number of carbonyl (C=O) groups excluding carboxylic acids is 1. The average Bonchev–Trinajstić information content (AvgIpc) is 2.45. The molecule has 0 aliphatic heterocycles. The first kappa shape index (κ1) is 19.1. The van der Waals surface area contributed by atoms with E-state index in [1.165, 1.54) is 5.56 Å². The molecule has 0 amide bonds. The van der Waals surface area contributed by atoms with Gasteiger partial charge in [-0.25, -0.2) is 0 Å². The van der Waals surface area contributed by atoms with Crippen LogP contribution in [0, 0.1) is 12.8 Å². The summed E-state index contributed by atoms with van der Waals surface area (Å²) in [7, 11) is 0.613. The lowest BCUT2D eigenvalue weighted by Crippen LogP contribution is -2.20. The molecule has 0 N–H and O–H groups in total. The van der Waals surface area contributed by atoms with Crippen LogP contribution in [0.5, 0.6) is 0 Å². The predicted octanol–water partition coefficient (Wildman–Crippen LogP) is 4.79. The molecule has 0 spiro atoms. The molecule has 0 aliphatic carbocycles. The van der Waals surface area contributed by atoms with E-state index in [0.717, 1.165) is 12.0 Å². The Morgan fingerprint density at radius 3 is 2.20 bits per heavy atom. The fraction of sp³-hybridized carbons (Fsp3) is 0.588. The summed E-state index contributed by atoms with van der Waals surface area (Å²) in [6.45, 7) is 12.8. The van der Waals surface area contributed by atoms with Gasteiger partial charge in [0, 0.05) is 0 Å². The minimum Gasteiger partial charge on any atom is -0.460 e. The van der Waals surface area contributed by atoms with Gasteiger partial charge in [0.1, 0.15) is 6.61 Å². The molecule has 2 unspecified atom stereocenters. The Bertz CT molecular complexity index is 371. The quantitative estimate of drug-likeness (QED) is 0.557. The number of benzene rings is 1. The summed E-state index contributed by atoms with van der Waals surface area (Å²) in [4.78, 5) is 11.9. The van der Waals surface area contributed by atoms with E-state index in [1.807, 2.05) is 45.0 Å². The first-order valence-electron chi connectivity index (χ1n) is 7.42. The molecule has 0 radical (unpaired) electrons. The molecular weight excluding hydrogens is 267 g/mol. The van der Waals surface area contributed by atoms with E-state index >= 15 is 0 Å². The van der Waals surface area contributed by atoms with Crippen molar-refractivity contribution in [1.82, 2.24) is 0 Å². The van der Waals surface area contributed by atoms with Crippen LogP contribution in [0.3, 0.4) is 0 Å². The molecule has 114 valence electrons. The monoisotopic (exact) mass is 296 g/mol. The minimum atomic E-state index is -0.0508. The molecule has 0 fully saturated rings. The Morgan fingerprint density at radius 2 is 1.75 bits per heavy atom. The van der Waals surface area contributed by atoms with Gasteiger partial charge in [-0.2, -0.15) is 0 Å². The van der Waals surface area contributed by atoms with Gasteiger partial charge in [-0.05, 0) is 31.5 Å². The smallest absolute Gasteiger partial charge is 0.313 e. The molecule has 20 heavy (non-hydrogen) atoms. The lowest BCUT2D eigenvalue weighted by molar-refractivity contribution is -0.144. The summed E-state index contributed by atoms with van der Waals surface area (Å²) in [5, 5.41) is 0. The zero-order valence-corrected chi connectivity index (χ0v) is 14.7. The van der Waals surface area contributed by atoms with Crippen LogP contribution in [0.25, 0.3) is 0 Å². The van der Waals surface area contributed by atoms with Crippen LogP contribution in [0.15, 0.2) is 24.3 Å². The fourth-order valence-corrected chi connectivity index (χ4v) is 2.77. The predicted molar refractivity (Wildman–Crippen MR) is 89.8 cm³/mol. The molecule has 1 aromatic carbocycles. The van der Waals surface area contributed by atoms with Gasteiger partial charge in [-0.15, -0.1) is 8.58 Å². The summed E-state index contributed by atoms with van der Waals surface area (Å²) >= 11 is 0. The molecular formula is C17H29O2P. The molecule has 0 bridgehead atoms. The first-order valence-corrected chi connectivity index (χ1v) is 9.00. The fourth-order valence-electron chi connectivity index (χ4n) is 1.74. The van der Waals surface area contributed by atoms with E-state index < -0.39 is 0 Å². The second-order valence-corrected chi connectivity index (χ2v) is 6.34. The summed E-state index contributed by atoms with van der Waals surface area (Å²) in [5.74, 6) is 0.486. The van der Waals surface area contributed by atoms with Crippen LogP contribution in [0.4, 0.5) is 0 Å². The SMILES string of the molecule is CC.CPC(CC(C)C)C(=O)OCc1ccc(C)cc1. The Hall–Kier alpha value is -0.880. The van der Waals surface area contributed by atoms with Gasteiger partial charge in [0.05, 0.1) is 5.66 Å². The highest BCUT2D eigenvalue weighted by Crippen LogP contribution is 2.23. The lowest BCUT2D eigenvalue weighted by Gasteiger charge is -2.16. The number of hydrogen-bond acceptors (Lipinski definition) is 2. The van der Waals surface area contributed by atoms with E-state index in [-0.39, 0.29) is 11.6 Å². The Labute approximate surface area is 126 Å². The van der Waals surface area contributed by atoms with Gasteiger partial charge in [0.15, 0.2) is 0 Å². The number of hydrogen-bond donors (Lipinski definition) is 0. The number of ether oxygens (including phenoxy) is 1. The van der Waals surface area contributed by atoms with Crippen molar-refractivity contribution in [3.8, 4) is 0 Å². The Balaban J connectivity index is 0.00000172. The third-order valence-corrected chi connectivity index (χ3v) is 4.01. The normalized spacial score (nSPS) is 12.2. The van der Waals surface area contributed by atoms with Crippen LogP contribution in [-0.2, 0) is 16.1 Å². The van der Waals surface area contributed by atoms with Crippen LogP contribution >= 0.6 is 8.58 Å². The number of aryl methyl sites for hydroxylation is 1. The molecule has 0 aromatic heterocycles. The van der Waals surface area contributed by atoms with Gasteiger partial charge in [0.25, 0.3) is 0 Å². The van der Waals surface area contributed by atoms with Crippen molar-refractivity contribution in [3.05, 3.63) is 35.4 Å². The van der Waals surface area contributed by atoms with Gasteiger partial charge in [-0.1, -0.05) is 57.5 Å². The lowest BCUT2D eigenvalue weighted by atomic mass is 10.1. The van der Waals surface area contributed by atoms with Crippen molar-refractivity contribution in [2.24, 2.45) is 5.92 Å². The highest BCUT2D eigenvalue weighted by Gasteiger charge is 2.19. The largest absolute Gasteiger partial charge is 0.460 e. The van der Waals surface area contributed by atoms with Gasteiger partial charge in [-0.3, -0.25) is 4.79 Å². The van der Waals surface area contributed by atoms with Crippen molar-refractivity contribution >= 4 is 14.6 Å². The van der Waals surface area contributed by atoms with Gasteiger partial charge in [0.2, 0.25) is 0 Å². The van der Waals surface area contributed by atoms with Crippen LogP contribution in [0.1, 0.15) is 45.2 Å². The van der Waals surface area contributed by atoms with Gasteiger partial charge < -0.3 is 4.74 Å². The molecule has 2 atom stereocenters. The average molecular weight is 296 g/mol. The summed E-state index contributed by atoms with van der Waals surface area (Å²) < 4.78 is 5.39. The van der Waals surface area contributed by atoms with Crippen molar-refractivity contribution < 1.29 is 9.53 Å². The van der Waals surface area contributed by atoms with E-state index in [9.17, 15) is 4.79 Å². The summed E-state index contributed by atoms with van der Waals surface area (Å²) in [6, 6.07) is 8.09. The third-order valence-electron chi connectivity index (χ3n) is 2.84. The van der Waals surface area contributed by atoms with E-state index in [0.29, 0.717) is 21.1 Å². The van der Waals surface area contributed by atoms with E-state index in [2.05, 4.69) is 20.5 Å². The second kappa shape index (κ2) is 10.9. The van der Waals surface area contributed by atoms with E-state index in [4.69, 9.17) is 4.74 Å². The number of carbonyl (C=O) groups is 1. The Kier molecular flexibility index (Phi) is 10.4. The van der Waals surface area contributed by atoms with Crippen molar-refractivity contribution in [2.75, 3.05) is 6.66 Å². The number of rotatable bonds is 6.